The molecule has 2 aliphatic heterocycles. The fourth-order valence-corrected chi connectivity index (χ4v) is 4.63. The predicted octanol–water partition coefficient (Wildman–Crippen LogP) is 2.86. The first-order valence-corrected chi connectivity index (χ1v) is 10.9. The number of hydrogen-bond acceptors (Lipinski definition) is 4. The number of hydrogen-bond donors (Lipinski definition) is 2. The van der Waals surface area contributed by atoms with E-state index < -0.39 is 5.66 Å². The first-order chi connectivity index (χ1) is 14.3. The van der Waals surface area contributed by atoms with Gasteiger partial charge in [0.2, 0.25) is 5.91 Å². The van der Waals surface area contributed by atoms with Crippen molar-refractivity contribution in [2.45, 2.75) is 51.7 Å². The van der Waals surface area contributed by atoms with Gasteiger partial charge in [-0.15, -0.1) is 6.42 Å². The Kier molecular flexibility index (Phi) is 6.79. The third-order valence-corrected chi connectivity index (χ3v) is 6.24. The number of ketones is 1. The number of thiocarbonyl (C=S) groups is 1. The Balaban J connectivity index is 1.66. The number of benzene rings is 1. The Hall–Kier alpha value is -2.43. The molecule has 1 amide bonds. The van der Waals surface area contributed by atoms with E-state index in [1.165, 1.54) is 0 Å². The molecular formula is C23H30N4O2S. The highest BCUT2D eigenvalue weighted by Gasteiger charge is 2.51. The second-order valence-corrected chi connectivity index (χ2v) is 8.93. The summed E-state index contributed by atoms with van der Waals surface area (Å²) in [5, 5.41) is 7.46. The molecule has 2 heterocycles. The van der Waals surface area contributed by atoms with Crippen LogP contribution in [0.1, 0.15) is 50.4 Å². The van der Waals surface area contributed by atoms with Gasteiger partial charge in [0.25, 0.3) is 0 Å². The van der Waals surface area contributed by atoms with Gasteiger partial charge in [-0.1, -0.05) is 31.9 Å². The number of nitrogens with one attached hydrogen (secondary N) is 2. The van der Waals surface area contributed by atoms with Crippen LogP contribution in [-0.4, -0.2) is 57.9 Å². The SMILES string of the molecule is C#CCN1C(=O)C(CC(C)C)NC12CCN(C(=S)Nc1cccc(C(C)=O)c1)CC2. The molecule has 0 aliphatic carbocycles. The van der Waals surface area contributed by atoms with Crippen LogP contribution < -0.4 is 10.6 Å². The van der Waals surface area contributed by atoms with E-state index in [2.05, 4.69) is 35.3 Å². The molecule has 160 valence electrons. The molecule has 7 heteroatoms. The van der Waals surface area contributed by atoms with Crippen molar-refractivity contribution in [3.63, 3.8) is 0 Å². The molecule has 30 heavy (non-hydrogen) atoms. The van der Waals surface area contributed by atoms with Crippen LogP contribution in [0.5, 0.6) is 0 Å². The normalized spacial score (nSPS) is 20.5. The van der Waals surface area contributed by atoms with Crippen LogP contribution in [0.2, 0.25) is 0 Å². The van der Waals surface area contributed by atoms with Gasteiger partial charge >= 0.3 is 0 Å². The minimum atomic E-state index is -0.399. The molecule has 2 saturated heterocycles. The predicted molar refractivity (Wildman–Crippen MR) is 123 cm³/mol. The Bertz CT molecular complexity index is 868. The summed E-state index contributed by atoms with van der Waals surface area (Å²) in [7, 11) is 0. The lowest BCUT2D eigenvalue weighted by molar-refractivity contribution is -0.132. The molecular weight excluding hydrogens is 396 g/mol. The van der Waals surface area contributed by atoms with E-state index in [9.17, 15) is 9.59 Å². The van der Waals surface area contributed by atoms with Crippen LogP contribution in [0.15, 0.2) is 24.3 Å². The highest BCUT2D eigenvalue weighted by molar-refractivity contribution is 7.80. The van der Waals surface area contributed by atoms with Gasteiger partial charge in [0, 0.05) is 37.2 Å². The summed E-state index contributed by atoms with van der Waals surface area (Å²) >= 11 is 5.61. The van der Waals surface area contributed by atoms with Gasteiger partial charge in [0.1, 0.15) is 0 Å². The lowest BCUT2D eigenvalue weighted by Crippen LogP contribution is -2.60. The van der Waals surface area contributed by atoms with E-state index in [0.29, 0.717) is 36.2 Å². The molecule has 2 fully saturated rings. The summed E-state index contributed by atoms with van der Waals surface area (Å²) in [4.78, 5) is 28.5. The summed E-state index contributed by atoms with van der Waals surface area (Å²) in [5.41, 5.74) is 1.05. The van der Waals surface area contributed by atoms with Crippen molar-refractivity contribution in [2.75, 3.05) is 25.0 Å². The molecule has 0 saturated carbocycles. The standard InChI is InChI=1S/C23H30N4O2S/c1-5-11-27-21(29)20(14-16(2)3)25-23(27)9-12-26(13-10-23)22(30)24-19-8-6-7-18(15-19)17(4)28/h1,6-8,15-16,20,25H,9-14H2,2-4H3,(H,24,30). The number of terminal acetylenes is 1. The zero-order valence-electron chi connectivity index (χ0n) is 17.9. The van der Waals surface area contributed by atoms with Gasteiger partial charge in [-0.2, -0.15) is 0 Å². The van der Waals surface area contributed by atoms with E-state index in [0.717, 1.165) is 24.9 Å². The first kappa shape index (κ1) is 22.3. The van der Waals surface area contributed by atoms with Crippen LogP contribution in [-0.2, 0) is 4.79 Å². The molecule has 2 aliphatic rings. The van der Waals surface area contributed by atoms with Crippen LogP contribution in [0.25, 0.3) is 0 Å². The summed E-state index contributed by atoms with van der Waals surface area (Å²) < 4.78 is 0. The minimum Gasteiger partial charge on any atom is -0.349 e. The number of anilines is 1. The van der Waals surface area contributed by atoms with Crippen LogP contribution in [0.3, 0.4) is 0 Å². The van der Waals surface area contributed by atoms with Crippen molar-refractivity contribution in [3.05, 3.63) is 29.8 Å². The van der Waals surface area contributed by atoms with Crippen LogP contribution in [0.4, 0.5) is 5.69 Å². The van der Waals surface area contributed by atoms with Crippen LogP contribution >= 0.6 is 12.2 Å². The Morgan fingerprint density at radius 1 is 1.40 bits per heavy atom. The molecule has 1 aromatic rings. The maximum Gasteiger partial charge on any atom is 0.242 e. The summed E-state index contributed by atoms with van der Waals surface area (Å²) in [6.07, 6.45) is 7.88. The smallest absolute Gasteiger partial charge is 0.242 e. The van der Waals surface area contributed by atoms with E-state index in [1.807, 2.05) is 23.1 Å². The Morgan fingerprint density at radius 3 is 2.70 bits per heavy atom. The second-order valence-electron chi connectivity index (χ2n) is 8.54. The lowest BCUT2D eigenvalue weighted by atomic mass is 9.96. The molecule has 2 N–H and O–H groups in total. The van der Waals surface area contributed by atoms with Crippen molar-refractivity contribution in [2.24, 2.45) is 5.92 Å². The van der Waals surface area contributed by atoms with E-state index >= 15 is 0 Å². The van der Waals surface area contributed by atoms with Gasteiger partial charge in [-0.3, -0.25) is 14.9 Å². The average Bonchev–Trinajstić information content (AvgIpc) is 2.94. The van der Waals surface area contributed by atoms with Crippen molar-refractivity contribution >= 4 is 34.7 Å². The molecule has 6 nitrogen and oxygen atoms in total. The number of likely N-dealkylation sites (tertiary alicyclic amines) is 1. The lowest BCUT2D eigenvalue weighted by Gasteiger charge is -2.44. The van der Waals surface area contributed by atoms with Gasteiger partial charge in [-0.05, 0) is 43.6 Å². The van der Waals surface area contributed by atoms with E-state index in [-0.39, 0.29) is 17.7 Å². The fraction of sp³-hybridized carbons (Fsp3) is 0.522. The highest BCUT2D eigenvalue weighted by Crippen LogP contribution is 2.34. The number of amides is 1. The Morgan fingerprint density at radius 2 is 2.10 bits per heavy atom. The molecule has 1 atom stereocenters. The van der Waals surface area contributed by atoms with Gasteiger partial charge in [-0.25, -0.2) is 0 Å². The third-order valence-electron chi connectivity index (χ3n) is 5.88. The summed E-state index contributed by atoms with van der Waals surface area (Å²) in [6.45, 7) is 7.55. The zero-order valence-corrected chi connectivity index (χ0v) is 18.7. The largest absolute Gasteiger partial charge is 0.349 e. The number of nitrogens with zero attached hydrogens (tertiary/aromatic N) is 2. The number of rotatable bonds is 5. The summed E-state index contributed by atoms with van der Waals surface area (Å²) in [5.74, 6) is 3.21. The first-order valence-electron chi connectivity index (χ1n) is 10.5. The molecule has 3 rings (SSSR count). The topological polar surface area (TPSA) is 64.7 Å². The van der Waals surface area contributed by atoms with Gasteiger partial charge in [0.05, 0.1) is 18.2 Å². The van der Waals surface area contributed by atoms with Crippen molar-refractivity contribution in [1.82, 2.24) is 15.1 Å². The molecule has 0 radical (unpaired) electrons. The average molecular weight is 427 g/mol. The van der Waals surface area contributed by atoms with Crippen molar-refractivity contribution in [3.8, 4) is 12.3 Å². The summed E-state index contributed by atoms with van der Waals surface area (Å²) in [6, 6.07) is 7.16. The monoisotopic (exact) mass is 426 g/mol. The molecule has 1 aromatic carbocycles. The minimum absolute atomic E-state index is 0.0195. The molecule has 1 unspecified atom stereocenters. The third kappa shape index (κ3) is 4.66. The number of Topliss-reactive ketones (excluding diaryl/α,β-unsaturated/α-hetero) is 1. The Labute approximate surface area is 184 Å². The maximum absolute atomic E-state index is 12.9. The number of carbonyl (C=O) groups is 2. The zero-order chi connectivity index (χ0) is 21.9. The van der Waals surface area contributed by atoms with Gasteiger partial charge < -0.3 is 15.1 Å². The van der Waals surface area contributed by atoms with E-state index in [4.69, 9.17) is 18.6 Å². The fourth-order valence-electron chi connectivity index (χ4n) is 4.33. The van der Waals surface area contributed by atoms with Crippen molar-refractivity contribution in [1.29, 1.82) is 0 Å². The molecule has 0 aromatic heterocycles. The van der Waals surface area contributed by atoms with E-state index in [1.54, 1.807) is 13.0 Å². The second kappa shape index (κ2) is 9.15. The quantitative estimate of drug-likeness (QED) is 0.429. The number of piperidine rings is 1. The molecule has 0 bridgehead atoms. The van der Waals surface area contributed by atoms with Crippen LogP contribution in [0, 0.1) is 18.3 Å². The highest BCUT2D eigenvalue weighted by atomic mass is 32.1. The molecule has 1 spiro atoms. The maximum atomic E-state index is 12.9. The number of carbonyl (C=O) groups excluding carboxylic acids is 2. The van der Waals surface area contributed by atoms with Gasteiger partial charge in [0.15, 0.2) is 10.9 Å². The van der Waals surface area contributed by atoms with Crippen molar-refractivity contribution < 1.29 is 9.59 Å².